The zero-order valence-corrected chi connectivity index (χ0v) is 8.25. The molecule has 1 aliphatic carbocycles. The fraction of sp³-hybridized carbons (Fsp3) is 0.727. The molecule has 2 nitrogen and oxygen atoms in total. The van der Waals surface area contributed by atoms with Gasteiger partial charge in [0, 0.05) is 6.42 Å². The Morgan fingerprint density at radius 2 is 2.23 bits per heavy atom. The van der Waals surface area contributed by atoms with Crippen LogP contribution in [0, 0.1) is 0 Å². The predicted octanol–water partition coefficient (Wildman–Crippen LogP) is 2.22. The van der Waals surface area contributed by atoms with Crippen LogP contribution in [0.1, 0.15) is 45.4 Å². The predicted molar refractivity (Wildman–Crippen MR) is 52.5 cm³/mol. The lowest BCUT2D eigenvalue weighted by Crippen LogP contribution is -2.01. The summed E-state index contributed by atoms with van der Waals surface area (Å²) in [6.45, 7) is 2.17. The molecule has 0 heterocycles. The molecule has 1 atom stereocenters. The average Bonchev–Trinajstić information content (AvgIpc) is 2.39. The van der Waals surface area contributed by atoms with E-state index in [1.165, 1.54) is 19.3 Å². The van der Waals surface area contributed by atoms with Gasteiger partial charge in [-0.15, -0.1) is 0 Å². The second-order valence-corrected chi connectivity index (χ2v) is 3.70. The van der Waals surface area contributed by atoms with Gasteiger partial charge in [-0.3, -0.25) is 4.79 Å². The molecule has 0 spiro atoms. The molecule has 0 bridgehead atoms. The van der Waals surface area contributed by atoms with Gasteiger partial charge in [0.25, 0.3) is 0 Å². The van der Waals surface area contributed by atoms with Crippen molar-refractivity contribution in [1.82, 2.24) is 0 Å². The summed E-state index contributed by atoms with van der Waals surface area (Å²) >= 11 is 0. The van der Waals surface area contributed by atoms with Crippen LogP contribution in [0.2, 0.25) is 0 Å². The van der Waals surface area contributed by atoms with Crippen molar-refractivity contribution in [2.24, 2.45) is 0 Å². The maximum absolute atomic E-state index is 11.2. The van der Waals surface area contributed by atoms with Gasteiger partial charge < -0.3 is 5.11 Å². The minimum Gasteiger partial charge on any atom is -0.389 e. The summed E-state index contributed by atoms with van der Waals surface area (Å²) in [6, 6.07) is 0. The molecule has 0 aromatic carbocycles. The summed E-state index contributed by atoms with van der Waals surface area (Å²) in [4.78, 5) is 11.2. The van der Waals surface area contributed by atoms with Crippen LogP contribution in [0.5, 0.6) is 0 Å². The number of aliphatic hydroxyl groups excluding tert-OH is 1. The molecule has 0 aromatic rings. The maximum atomic E-state index is 11.2. The van der Waals surface area contributed by atoms with Crippen LogP contribution in [0.3, 0.4) is 0 Å². The van der Waals surface area contributed by atoms with Crippen molar-refractivity contribution < 1.29 is 9.90 Å². The van der Waals surface area contributed by atoms with E-state index in [0.717, 1.165) is 18.4 Å². The monoisotopic (exact) mass is 182 g/mol. The number of Topliss-reactive ketones (excluding diaryl/α,β-unsaturated/α-hetero) is 1. The molecule has 0 saturated carbocycles. The van der Waals surface area contributed by atoms with E-state index in [-0.39, 0.29) is 5.78 Å². The highest BCUT2D eigenvalue weighted by Crippen LogP contribution is 2.20. The SMILES string of the molecule is CCCCCCC1=CC(O)CC1=O. The minimum atomic E-state index is -0.506. The number of ketones is 1. The molecule has 0 amide bonds. The van der Waals surface area contributed by atoms with E-state index in [4.69, 9.17) is 0 Å². The van der Waals surface area contributed by atoms with E-state index in [2.05, 4.69) is 6.92 Å². The number of carbonyl (C=O) groups is 1. The summed E-state index contributed by atoms with van der Waals surface area (Å²) in [5.41, 5.74) is 0.851. The molecule has 1 aliphatic rings. The summed E-state index contributed by atoms with van der Waals surface area (Å²) in [5, 5.41) is 9.18. The number of hydrogen-bond donors (Lipinski definition) is 1. The molecular formula is C11H18O2. The molecule has 1 N–H and O–H groups in total. The van der Waals surface area contributed by atoms with Crippen molar-refractivity contribution in [2.75, 3.05) is 0 Å². The van der Waals surface area contributed by atoms with E-state index in [1.807, 2.05) is 0 Å². The summed E-state index contributed by atoms with van der Waals surface area (Å²) in [5.74, 6) is 0.143. The first kappa shape index (κ1) is 10.5. The summed E-state index contributed by atoms with van der Waals surface area (Å²) < 4.78 is 0. The number of aliphatic hydroxyl groups is 1. The van der Waals surface area contributed by atoms with Gasteiger partial charge in [0.2, 0.25) is 0 Å². The lowest BCUT2D eigenvalue weighted by molar-refractivity contribution is -0.115. The Bertz CT molecular complexity index is 206. The number of carbonyl (C=O) groups excluding carboxylic acids is 1. The van der Waals surface area contributed by atoms with Gasteiger partial charge in [0.1, 0.15) is 0 Å². The van der Waals surface area contributed by atoms with Gasteiger partial charge in [-0.1, -0.05) is 26.2 Å². The standard InChI is InChI=1S/C11H18O2/c1-2-3-4-5-6-9-7-10(12)8-11(9)13/h7,10,12H,2-6,8H2,1H3. The van der Waals surface area contributed by atoms with Gasteiger partial charge >= 0.3 is 0 Å². The van der Waals surface area contributed by atoms with Crippen LogP contribution >= 0.6 is 0 Å². The Balaban J connectivity index is 2.21. The molecule has 1 rings (SSSR count). The highest BCUT2D eigenvalue weighted by molar-refractivity contribution is 5.98. The van der Waals surface area contributed by atoms with E-state index < -0.39 is 6.10 Å². The molecule has 0 aromatic heterocycles. The summed E-state index contributed by atoms with van der Waals surface area (Å²) in [7, 11) is 0. The molecule has 13 heavy (non-hydrogen) atoms. The van der Waals surface area contributed by atoms with Crippen molar-refractivity contribution >= 4 is 5.78 Å². The fourth-order valence-electron chi connectivity index (χ4n) is 1.67. The van der Waals surface area contributed by atoms with Crippen molar-refractivity contribution in [1.29, 1.82) is 0 Å². The van der Waals surface area contributed by atoms with Crippen LogP contribution in [0.25, 0.3) is 0 Å². The first-order valence-electron chi connectivity index (χ1n) is 5.16. The third-order valence-corrected chi connectivity index (χ3v) is 2.45. The second kappa shape index (κ2) is 5.18. The molecule has 1 unspecified atom stereocenters. The van der Waals surface area contributed by atoms with Crippen LogP contribution in [-0.2, 0) is 4.79 Å². The lowest BCUT2D eigenvalue weighted by atomic mass is 10.1. The molecule has 74 valence electrons. The Hall–Kier alpha value is -0.630. The normalized spacial score (nSPS) is 22.2. The Kier molecular flexibility index (Phi) is 4.16. The fourth-order valence-corrected chi connectivity index (χ4v) is 1.67. The van der Waals surface area contributed by atoms with Crippen LogP contribution in [0.15, 0.2) is 11.6 Å². The van der Waals surface area contributed by atoms with Crippen LogP contribution in [-0.4, -0.2) is 17.0 Å². The van der Waals surface area contributed by atoms with Gasteiger partial charge in [-0.25, -0.2) is 0 Å². The molecule has 0 aliphatic heterocycles. The number of hydrogen-bond acceptors (Lipinski definition) is 2. The van der Waals surface area contributed by atoms with Crippen molar-refractivity contribution in [3.8, 4) is 0 Å². The third kappa shape index (κ3) is 3.31. The molecule has 0 saturated heterocycles. The quantitative estimate of drug-likeness (QED) is 0.662. The Morgan fingerprint density at radius 1 is 1.46 bits per heavy atom. The van der Waals surface area contributed by atoms with Crippen LogP contribution < -0.4 is 0 Å². The largest absolute Gasteiger partial charge is 0.389 e. The van der Waals surface area contributed by atoms with Gasteiger partial charge in [-0.2, -0.15) is 0 Å². The Morgan fingerprint density at radius 3 is 2.77 bits per heavy atom. The topological polar surface area (TPSA) is 37.3 Å². The number of rotatable bonds is 5. The van der Waals surface area contributed by atoms with Crippen molar-refractivity contribution in [3.63, 3.8) is 0 Å². The van der Waals surface area contributed by atoms with Crippen molar-refractivity contribution in [2.45, 2.75) is 51.6 Å². The lowest BCUT2D eigenvalue weighted by Gasteiger charge is -1.99. The first-order chi connectivity index (χ1) is 6.24. The zero-order valence-electron chi connectivity index (χ0n) is 8.25. The highest BCUT2D eigenvalue weighted by Gasteiger charge is 2.20. The second-order valence-electron chi connectivity index (χ2n) is 3.70. The highest BCUT2D eigenvalue weighted by atomic mass is 16.3. The van der Waals surface area contributed by atoms with E-state index in [9.17, 15) is 9.90 Å². The van der Waals surface area contributed by atoms with Crippen LogP contribution in [0.4, 0.5) is 0 Å². The first-order valence-corrected chi connectivity index (χ1v) is 5.16. The molecule has 0 radical (unpaired) electrons. The molecular weight excluding hydrogens is 164 g/mol. The minimum absolute atomic E-state index is 0.143. The number of unbranched alkanes of at least 4 members (excludes halogenated alkanes) is 3. The smallest absolute Gasteiger partial charge is 0.161 e. The van der Waals surface area contributed by atoms with Gasteiger partial charge in [-0.05, 0) is 24.5 Å². The number of allylic oxidation sites excluding steroid dienone is 1. The van der Waals surface area contributed by atoms with Gasteiger partial charge in [0.05, 0.1) is 6.10 Å². The van der Waals surface area contributed by atoms with E-state index >= 15 is 0 Å². The van der Waals surface area contributed by atoms with E-state index in [1.54, 1.807) is 6.08 Å². The van der Waals surface area contributed by atoms with Gasteiger partial charge in [0.15, 0.2) is 5.78 Å². The molecule has 2 heteroatoms. The maximum Gasteiger partial charge on any atom is 0.161 e. The van der Waals surface area contributed by atoms with Crippen molar-refractivity contribution in [3.05, 3.63) is 11.6 Å². The zero-order chi connectivity index (χ0) is 9.68. The average molecular weight is 182 g/mol. The molecule has 0 fully saturated rings. The third-order valence-electron chi connectivity index (χ3n) is 2.45. The summed E-state index contributed by atoms with van der Waals surface area (Å²) in [6.07, 6.45) is 7.11. The van der Waals surface area contributed by atoms with E-state index in [0.29, 0.717) is 6.42 Å². The Labute approximate surface area is 79.6 Å².